The van der Waals surface area contributed by atoms with Crippen LogP contribution in [-0.4, -0.2) is 31.1 Å². The van der Waals surface area contributed by atoms with Crippen LogP contribution in [0.3, 0.4) is 0 Å². The molecule has 2 aliphatic rings. The molecule has 1 aliphatic carbocycles. The van der Waals surface area contributed by atoms with Crippen LogP contribution in [0.1, 0.15) is 42.9 Å². The van der Waals surface area contributed by atoms with Crippen molar-refractivity contribution in [2.24, 2.45) is 5.92 Å². The Bertz CT molecular complexity index is 535. The van der Waals surface area contributed by atoms with Crippen molar-refractivity contribution in [3.63, 3.8) is 0 Å². The largest absolute Gasteiger partial charge is 0.416 e. The number of piperazine rings is 1. The summed E-state index contributed by atoms with van der Waals surface area (Å²) in [5, 5.41) is 3.76. The molecule has 0 unspecified atom stereocenters. The van der Waals surface area contributed by atoms with E-state index >= 15 is 0 Å². The Morgan fingerprint density at radius 3 is 2.39 bits per heavy atom. The van der Waals surface area contributed by atoms with Crippen molar-refractivity contribution in [3.05, 3.63) is 34.3 Å². The molecule has 128 valence electrons. The predicted molar refractivity (Wildman–Crippen MR) is 85.6 cm³/mol. The van der Waals surface area contributed by atoms with Gasteiger partial charge < -0.3 is 5.32 Å². The van der Waals surface area contributed by atoms with Gasteiger partial charge >= 0.3 is 6.18 Å². The molecule has 0 aromatic heterocycles. The second kappa shape index (κ2) is 6.99. The van der Waals surface area contributed by atoms with E-state index in [2.05, 4.69) is 10.2 Å². The van der Waals surface area contributed by atoms with E-state index in [-0.39, 0.29) is 6.04 Å². The Kier molecular flexibility index (Phi) is 5.19. The van der Waals surface area contributed by atoms with E-state index in [1.54, 1.807) is 0 Å². The first-order chi connectivity index (χ1) is 11.0. The van der Waals surface area contributed by atoms with Crippen molar-refractivity contribution in [1.82, 2.24) is 10.2 Å². The Hall–Kier alpha value is -0.780. The average Bonchev–Trinajstić information content (AvgIpc) is 3.03. The Balaban J connectivity index is 1.98. The van der Waals surface area contributed by atoms with Gasteiger partial charge in [0.2, 0.25) is 0 Å². The fraction of sp³-hybridized carbons (Fsp3) is 0.647. The van der Waals surface area contributed by atoms with Crippen LogP contribution < -0.4 is 5.32 Å². The summed E-state index contributed by atoms with van der Waals surface area (Å²) in [5.74, 6) is 0.397. The number of hydrogen-bond acceptors (Lipinski definition) is 2. The third kappa shape index (κ3) is 3.83. The van der Waals surface area contributed by atoms with Crippen LogP contribution in [0.2, 0.25) is 5.02 Å². The number of hydrogen-bond donors (Lipinski definition) is 1. The van der Waals surface area contributed by atoms with E-state index in [9.17, 15) is 13.2 Å². The first kappa shape index (κ1) is 17.1. The Labute approximate surface area is 140 Å². The maximum atomic E-state index is 13.1. The maximum Gasteiger partial charge on any atom is 0.416 e. The summed E-state index contributed by atoms with van der Waals surface area (Å²) in [7, 11) is 0. The van der Waals surface area contributed by atoms with E-state index in [4.69, 9.17) is 11.6 Å². The van der Waals surface area contributed by atoms with Crippen molar-refractivity contribution in [3.8, 4) is 0 Å². The second-order valence-corrected chi connectivity index (χ2v) is 6.92. The van der Waals surface area contributed by atoms with Gasteiger partial charge in [-0.2, -0.15) is 13.2 Å². The number of rotatable bonds is 3. The molecule has 0 bridgehead atoms. The molecular weight excluding hydrogens is 325 g/mol. The SMILES string of the molecule is FC(F)(F)c1ccc(Cl)c([C@H](C2CCCC2)N2CCNCC2)c1. The molecule has 1 aliphatic heterocycles. The van der Waals surface area contributed by atoms with Gasteiger partial charge in [0.15, 0.2) is 0 Å². The van der Waals surface area contributed by atoms with E-state index in [1.165, 1.54) is 12.1 Å². The van der Waals surface area contributed by atoms with Crippen molar-refractivity contribution < 1.29 is 13.2 Å². The highest BCUT2D eigenvalue weighted by molar-refractivity contribution is 6.31. The molecule has 0 spiro atoms. The molecule has 1 N–H and O–H groups in total. The normalized spacial score (nSPS) is 22.4. The van der Waals surface area contributed by atoms with Crippen LogP contribution in [0.4, 0.5) is 13.2 Å². The van der Waals surface area contributed by atoms with Crippen LogP contribution in [-0.2, 0) is 6.18 Å². The zero-order chi connectivity index (χ0) is 16.4. The minimum Gasteiger partial charge on any atom is -0.314 e. The molecule has 0 amide bonds. The summed E-state index contributed by atoms with van der Waals surface area (Å²) >= 11 is 6.33. The molecule has 0 radical (unpaired) electrons. The lowest BCUT2D eigenvalue weighted by molar-refractivity contribution is -0.137. The molecule has 1 aromatic carbocycles. The zero-order valence-corrected chi connectivity index (χ0v) is 13.8. The van der Waals surface area contributed by atoms with Crippen molar-refractivity contribution in [2.45, 2.75) is 37.9 Å². The van der Waals surface area contributed by atoms with Gasteiger partial charge in [-0.15, -0.1) is 0 Å². The quantitative estimate of drug-likeness (QED) is 0.867. The molecule has 2 fully saturated rings. The van der Waals surface area contributed by atoms with Crippen molar-refractivity contribution in [1.29, 1.82) is 0 Å². The summed E-state index contributed by atoms with van der Waals surface area (Å²) in [5.41, 5.74) is 0.0466. The van der Waals surface area contributed by atoms with E-state index in [0.717, 1.165) is 57.9 Å². The molecule has 1 heterocycles. The van der Waals surface area contributed by atoms with E-state index in [1.807, 2.05) is 0 Å². The molecular formula is C17H22ClF3N2. The summed E-state index contributed by atoms with van der Waals surface area (Å²) in [4.78, 5) is 2.31. The smallest absolute Gasteiger partial charge is 0.314 e. The molecule has 1 saturated heterocycles. The monoisotopic (exact) mass is 346 g/mol. The number of nitrogens with one attached hydrogen (secondary N) is 1. The average molecular weight is 347 g/mol. The summed E-state index contributed by atoms with van der Waals surface area (Å²) < 4.78 is 39.3. The first-order valence-electron chi connectivity index (χ1n) is 8.28. The van der Waals surface area contributed by atoms with Gasteiger partial charge in [0, 0.05) is 37.2 Å². The Morgan fingerprint density at radius 2 is 1.78 bits per heavy atom. The minimum absolute atomic E-state index is 0.00519. The summed E-state index contributed by atoms with van der Waals surface area (Å²) in [6, 6.07) is 3.75. The third-order valence-electron chi connectivity index (χ3n) is 5.03. The van der Waals surface area contributed by atoms with Crippen LogP contribution in [0.15, 0.2) is 18.2 Å². The van der Waals surface area contributed by atoms with Gasteiger partial charge in [-0.3, -0.25) is 4.90 Å². The van der Waals surface area contributed by atoms with Crippen LogP contribution >= 0.6 is 11.6 Å². The van der Waals surface area contributed by atoms with Gasteiger partial charge in [-0.25, -0.2) is 0 Å². The minimum atomic E-state index is -4.33. The number of halogens is 4. The fourth-order valence-corrected chi connectivity index (χ4v) is 4.16. The lowest BCUT2D eigenvalue weighted by Gasteiger charge is -2.39. The van der Waals surface area contributed by atoms with Crippen LogP contribution in [0.5, 0.6) is 0 Å². The third-order valence-corrected chi connectivity index (χ3v) is 5.38. The van der Waals surface area contributed by atoms with Crippen molar-refractivity contribution in [2.75, 3.05) is 26.2 Å². The van der Waals surface area contributed by atoms with Crippen molar-refractivity contribution >= 4 is 11.6 Å². The molecule has 3 rings (SSSR count). The lowest BCUT2D eigenvalue weighted by Crippen LogP contribution is -2.46. The lowest BCUT2D eigenvalue weighted by atomic mass is 9.88. The summed E-state index contributed by atoms with van der Waals surface area (Å²) in [6.45, 7) is 3.46. The highest BCUT2D eigenvalue weighted by Gasteiger charge is 2.36. The van der Waals surface area contributed by atoms with Gasteiger partial charge in [-0.05, 0) is 42.5 Å². The van der Waals surface area contributed by atoms with Gasteiger partial charge in [0.1, 0.15) is 0 Å². The van der Waals surface area contributed by atoms with Crippen LogP contribution in [0, 0.1) is 5.92 Å². The van der Waals surface area contributed by atoms with E-state index in [0.29, 0.717) is 16.5 Å². The maximum absolute atomic E-state index is 13.1. The highest BCUT2D eigenvalue weighted by atomic mass is 35.5. The molecule has 1 saturated carbocycles. The summed E-state index contributed by atoms with van der Waals surface area (Å²) in [6.07, 6.45) is 0.124. The molecule has 2 nitrogen and oxygen atoms in total. The second-order valence-electron chi connectivity index (χ2n) is 6.51. The number of nitrogens with zero attached hydrogens (tertiary/aromatic N) is 1. The molecule has 23 heavy (non-hydrogen) atoms. The molecule has 1 atom stereocenters. The van der Waals surface area contributed by atoms with Gasteiger partial charge in [0.25, 0.3) is 0 Å². The molecule has 1 aromatic rings. The fourth-order valence-electron chi connectivity index (χ4n) is 3.93. The molecule has 6 heteroatoms. The topological polar surface area (TPSA) is 15.3 Å². The van der Waals surface area contributed by atoms with Crippen LogP contribution in [0.25, 0.3) is 0 Å². The zero-order valence-electron chi connectivity index (χ0n) is 13.0. The number of benzene rings is 1. The number of alkyl halides is 3. The standard InChI is InChI=1S/C17H22ClF3N2/c18-15-6-5-13(17(19,20)21)11-14(15)16(12-3-1-2-4-12)23-9-7-22-8-10-23/h5-6,11-12,16,22H,1-4,7-10H2/t16-/m0/s1. The van der Waals surface area contributed by atoms with E-state index < -0.39 is 11.7 Å². The Morgan fingerprint density at radius 1 is 1.13 bits per heavy atom. The van der Waals surface area contributed by atoms with Gasteiger partial charge in [0.05, 0.1) is 5.56 Å². The highest BCUT2D eigenvalue weighted by Crippen LogP contribution is 2.43. The first-order valence-corrected chi connectivity index (χ1v) is 8.66. The predicted octanol–water partition coefficient (Wildman–Crippen LogP) is 4.50. The van der Waals surface area contributed by atoms with Gasteiger partial charge in [-0.1, -0.05) is 24.4 Å².